The maximum Gasteiger partial charge on any atom is 0.254 e. The van der Waals surface area contributed by atoms with Crippen molar-refractivity contribution in [3.05, 3.63) is 23.8 Å². The van der Waals surface area contributed by atoms with Crippen molar-refractivity contribution >= 4 is 11.6 Å². The van der Waals surface area contributed by atoms with Gasteiger partial charge in [0.1, 0.15) is 5.75 Å². The molecule has 0 aliphatic carbocycles. The van der Waals surface area contributed by atoms with Crippen molar-refractivity contribution in [3.63, 3.8) is 0 Å². The average Bonchev–Trinajstić information content (AvgIpc) is 2.32. The number of carbonyl (C=O) groups is 1. The van der Waals surface area contributed by atoms with Crippen LogP contribution in [-0.4, -0.2) is 28.0 Å². The number of aromatic hydroxyl groups is 1. The second-order valence-electron chi connectivity index (χ2n) is 5.11. The van der Waals surface area contributed by atoms with Crippen molar-refractivity contribution in [2.75, 3.05) is 5.73 Å². The third-order valence-electron chi connectivity index (χ3n) is 3.71. The highest BCUT2D eigenvalue weighted by Gasteiger charge is 2.29. The number of likely N-dealkylation sites (tertiary alicyclic amines) is 1. The van der Waals surface area contributed by atoms with Gasteiger partial charge in [0.2, 0.25) is 0 Å². The number of nitrogen functional groups attached to an aromatic ring is 1. The molecule has 2 rings (SSSR count). The molecule has 2 unspecified atom stereocenters. The number of hydrogen-bond acceptors (Lipinski definition) is 3. The fourth-order valence-corrected chi connectivity index (χ4v) is 2.65. The fraction of sp³-hybridized carbons (Fsp3) is 0.500. The number of phenolic OH excluding ortho intramolecular Hbond substituents is 1. The highest BCUT2D eigenvalue weighted by atomic mass is 16.3. The van der Waals surface area contributed by atoms with E-state index in [0.29, 0.717) is 11.3 Å². The maximum absolute atomic E-state index is 12.5. The second-order valence-corrected chi connectivity index (χ2v) is 5.11. The molecular weight excluding hydrogens is 228 g/mol. The number of nitrogens with two attached hydrogens (primary N) is 1. The van der Waals surface area contributed by atoms with Crippen LogP contribution in [0.4, 0.5) is 5.69 Å². The number of rotatable bonds is 1. The first-order valence-corrected chi connectivity index (χ1v) is 6.42. The summed E-state index contributed by atoms with van der Waals surface area (Å²) in [6.45, 7) is 4.15. The minimum Gasteiger partial charge on any atom is -0.506 e. The zero-order valence-electron chi connectivity index (χ0n) is 10.9. The normalized spacial score (nSPS) is 24.0. The molecule has 1 amide bonds. The second kappa shape index (κ2) is 4.88. The molecule has 1 aromatic carbocycles. The molecule has 1 saturated heterocycles. The van der Waals surface area contributed by atoms with E-state index in [4.69, 9.17) is 5.73 Å². The van der Waals surface area contributed by atoms with Gasteiger partial charge in [0, 0.05) is 17.6 Å². The molecule has 0 aromatic heterocycles. The zero-order chi connectivity index (χ0) is 13.3. The third-order valence-corrected chi connectivity index (χ3v) is 3.71. The summed E-state index contributed by atoms with van der Waals surface area (Å²) in [7, 11) is 0. The van der Waals surface area contributed by atoms with E-state index in [2.05, 4.69) is 13.8 Å². The Morgan fingerprint density at radius 1 is 1.33 bits per heavy atom. The first-order chi connectivity index (χ1) is 8.50. The van der Waals surface area contributed by atoms with Crippen LogP contribution in [0.3, 0.4) is 0 Å². The van der Waals surface area contributed by atoms with Gasteiger partial charge in [0.25, 0.3) is 5.91 Å². The van der Waals surface area contributed by atoms with Gasteiger partial charge in [-0.05, 0) is 51.3 Å². The molecule has 2 atom stereocenters. The topological polar surface area (TPSA) is 66.6 Å². The van der Waals surface area contributed by atoms with Crippen LogP contribution in [0.25, 0.3) is 0 Å². The molecule has 1 aromatic rings. The van der Waals surface area contributed by atoms with Gasteiger partial charge >= 0.3 is 0 Å². The maximum atomic E-state index is 12.5. The molecule has 4 heteroatoms. The first kappa shape index (κ1) is 12.7. The van der Waals surface area contributed by atoms with Gasteiger partial charge in [-0.2, -0.15) is 0 Å². The highest BCUT2D eigenvalue weighted by Crippen LogP contribution is 2.27. The Kier molecular flexibility index (Phi) is 3.45. The van der Waals surface area contributed by atoms with Crippen LogP contribution in [-0.2, 0) is 0 Å². The van der Waals surface area contributed by atoms with Gasteiger partial charge in [-0.15, -0.1) is 0 Å². The van der Waals surface area contributed by atoms with Crippen molar-refractivity contribution in [1.82, 2.24) is 4.90 Å². The first-order valence-electron chi connectivity index (χ1n) is 6.42. The summed E-state index contributed by atoms with van der Waals surface area (Å²) in [5, 5.41) is 9.58. The molecule has 1 aliphatic heterocycles. The van der Waals surface area contributed by atoms with Crippen LogP contribution >= 0.6 is 0 Å². The monoisotopic (exact) mass is 248 g/mol. The van der Waals surface area contributed by atoms with Crippen LogP contribution in [0.1, 0.15) is 43.5 Å². The molecule has 1 heterocycles. The van der Waals surface area contributed by atoms with Gasteiger partial charge < -0.3 is 15.7 Å². The average molecular weight is 248 g/mol. The van der Waals surface area contributed by atoms with Crippen LogP contribution in [0.15, 0.2) is 18.2 Å². The number of phenols is 1. The third kappa shape index (κ3) is 2.28. The molecule has 18 heavy (non-hydrogen) atoms. The molecule has 98 valence electrons. The summed E-state index contributed by atoms with van der Waals surface area (Å²) in [4.78, 5) is 14.4. The van der Waals surface area contributed by atoms with E-state index in [0.717, 1.165) is 12.8 Å². The Morgan fingerprint density at radius 2 is 1.94 bits per heavy atom. The van der Waals surface area contributed by atoms with E-state index in [1.807, 2.05) is 4.90 Å². The lowest BCUT2D eigenvalue weighted by atomic mass is 9.96. The van der Waals surface area contributed by atoms with Gasteiger partial charge in [-0.3, -0.25) is 4.79 Å². The zero-order valence-corrected chi connectivity index (χ0v) is 10.9. The Bertz CT molecular complexity index is 449. The minimum atomic E-state index is -0.0295. The van der Waals surface area contributed by atoms with E-state index < -0.39 is 0 Å². The van der Waals surface area contributed by atoms with E-state index >= 15 is 0 Å². The highest BCUT2D eigenvalue weighted by molar-refractivity contribution is 5.95. The van der Waals surface area contributed by atoms with E-state index in [-0.39, 0.29) is 23.7 Å². The van der Waals surface area contributed by atoms with Crippen LogP contribution in [0.5, 0.6) is 5.75 Å². The number of amides is 1. The van der Waals surface area contributed by atoms with Gasteiger partial charge in [-0.1, -0.05) is 0 Å². The fourth-order valence-electron chi connectivity index (χ4n) is 2.65. The summed E-state index contributed by atoms with van der Waals surface area (Å²) in [6, 6.07) is 5.20. The van der Waals surface area contributed by atoms with Gasteiger partial charge in [0.05, 0.1) is 5.69 Å². The Morgan fingerprint density at radius 3 is 2.50 bits per heavy atom. The van der Waals surface area contributed by atoms with Crippen molar-refractivity contribution in [1.29, 1.82) is 0 Å². The molecule has 0 radical (unpaired) electrons. The molecule has 0 bridgehead atoms. The van der Waals surface area contributed by atoms with Crippen molar-refractivity contribution in [2.45, 2.75) is 45.2 Å². The number of piperidine rings is 1. The number of hydrogen-bond donors (Lipinski definition) is 2. The Labute approximate surface area is 107 Å². The molecule has 1 fully saturated rings. The quantitative estimate of drug-likeness (QED) is 0.592. The summed E-state index contributed by atoms with van der Waals surface area (Å²) < 4.78 is 0. The van der Waals surface area contributed by atoms with Crippen LogP contribution < -0.4 is 5.73 Å². The number of carbonyl (C=O) groups excluding carboxylic acids is 1. The molecule has 3 N–H and O–H groups in total. The number of anilines is 1. The summed E-state index contributed by atoms with van der Waals surface area (Å²) in [6.07, 6.45) is 3.24. The smallest absolute Gasteiger partial charge is 0.254 e. The lowest BCUT2D eigenvalue weighted by Crippen LogP contribution is -2.47. The van der Waals surface area contributed by atoms with E-state index in [1.165, 1.54) is 12.5 Å². The summed E-state index contributed by atoms with van der Waals surface area (Å²) in [5.41, 5.74) is 6.35. The molecule has 1 aliphatic rings. The largest absolute Gasteiger partial charge is 0.506 e. The predicted molar refractivity (Wildman–Crippen MR) is 71.5 cm³/mol. The van der Waals surface area contributed by atoms with Crippen molar-refractivity contribution in [2.24, 2.45) is 0 Å². The van der Waals surface area contributed by atoms with E-state index in [1.54, 1.807) is 12.1 Å². The van der Waals surface area contributed by atoms with Gasteiger partial charge in [0.15, 0.2) is 0 Å². The number of nitrogens with zero attached hydrogens (tertiary/aromatic N) is 1. The summed E-state index contributed by atoms with van der Waals surface area (Å²) >= 11 is 0. The molecule has 4 nitrogen and oxygen atoms in total. The van der Waals surface area contributed by atoms with Crippen LogP contribution in [0, 0.1) is 0 Å². The lowest BCUT2D eigenvalue weighted by molar-refractivity contribution is 0.0510. The van der Waals surface area contributed by atoms with Crippen molar-refractivity contribution < 1.29 is 9.90 Å². The molecular formula is C14H20N2O2. The lowest BCUT2D eigenvalue weighted by Gasteiger charge is -2.39. The van der Waals surface area contributed by atoms with Gasteiger partial charge in [-0.25, -0.2) is 0 Å². The van der Waals surface area contributed by atoms with E-state index in [9.17, 15) is 9.90 Å². The predicted octanol–water partition coefficient (Wildman–Crippen LogP) is 2.38. The summed E-state index contributed by atoms with van der Waals surface area (Å²) in [5.74, 6) is -0.0526. The molecule has 0 spiro atoms. The SMILES string of the molecule is CC1CCCC(C)N1C(=O)c1ccc(N)c(O)c1. The molecule has 0 saturated carbocycles. The van der Waals surface area contributed by atoms with Crippen LogP contribution in [0.2, 0.25) is 0 Å². The standard InChI is InChI=1S/C14H20N2O2/c1-9-4-3-5-10(2)16(9)14(18)11-6-7-12(15)13(17)8-11/h6-10,17H,3-5,15H2,1-2H3. The Balaban J connectivity index is 2.26. The minimum absolute atomic E-state index is 0.0231. The Hall–Kier alpha value is -1.71. The number of benzene rings is 1. The van der Waals surface area contributed by atoms with Crippen molar-refractivity contribution in [3.8, 4) is 5.75 Å².